The van der Waals surface area contributed by atoms with E-state index in [1.807, 2.05) is 26.0 Å². The first kappa shape index (κ1) is 14.3. The van der Waals surface area contributed by atoms with Gasteiger partial charge in [-0.3, -0.25) is 0 Å². The first-order chi connectivity index (χ1) is 7.56. The lowest BCUT2D eigenvalue weighted by Crippen LogP contribution is -2.44. The largest absolute Gasteiger partial charge is 0.493 e. The van der Waals surface area contributed by atoms with E-state index in [2.05, 4.69) is 17.4 Å². The number of hydrogen-bond acceptors (Lipinski definition) is 3. The smallest absolute Gasteiger partial charge is 0.124 e. The van der Waals surface area contributed by atoms with Gasteiger partial charge in [-0.25, -0.2) is 0 Å². The highest BCUT2D eigenvalue weighted by Crippen LogP contribution is 2.31. The van der Waals surface area contributed by atoms with Crippen molar-refractivity contribution in [3.63, 3.8) is 0 Å². The number of benzene rings is 1. The van der Waals surface area contributed by atoms with Crippen molar-refractivity contribution < 1.29 is 4.74 Å². The molecule has 0 amide bonds. The molecule has 4 heteroatoms. The summed E-state index contributed by atoms with van der Waals surface area (Å²) in [6.07, 6.45) is 1.01. The van der Waals surface area contributed by atoms with Crippen molar-refractivity contribution in [1.82, 2.24) is 5.32 Å². The Morgan fingerprint density at radius 1 is 1.41 bits per heavy atom. The zero-order valence-corrected chi connectivity index (χ0v) is 11.2. The average molecular weight is 257 g/mol. The molecule has 0 spiro atoms. The second-order valence-corrected chi connectivity index (χ2v) is 5.10. The first-order valence-electron chi connectivity index (χ1n) is 5.80. The Hall–Kier alpha value is -0.770. The molecule has 1 aromatic rings. The van der Waals surface area contributed by atoms with Crippen molar-refractivity contribution in [2.75, 3.05) is 13.2 Å². The molecule has 0 aromatic heterocycles. The molecule has 0 radical (unpaired) electrons. The number of hydrogen-bond donors (Lipinski definition) is 2. The van der Waals surface area contributed by atoms with Gasteiger partial charge in [0.1, 0.15) is 5.75 Å². The summed E-state index contributed by atoms with van der Waals surface area (Å²) in [5, 5.41) is 3.51. The van der Waals surface area contributed by atoms with Crippen LogP contribution in [-0.4, -0.2) is 18.7 Å². The Morgan fingerprint density at radius 2 is 2.12 bits per heavy atom. The van der Waals surface area contributed by atoms with E-state index in [-0.39, 0.29) is 17.9 Å². The van der Waals surface area contributed by atoms with Gasteiger partial charge < -0.3 is 15.8 Å². The molecule has 0 saturated carbocycles. The van der Waals surface area contributed by atoms with Crippen LogP contribution in [0.15, 0.2) is 24.3 Å². The van der Waals surface area contributed by atoms with Crippen LogP contribution in [0.3, 0.4) is 0 Å². The molecule has 0 aliphatic carbocycles. The van der Waals surface area contributed by atoms with Gasteiger partial charge in [0, 0.05) is 30.1 Å². The summed E-state index contributed by atoms with van der Waals surface area (Å²) in [4.78, 5) is 0. The van der Waals surface area contributed by atoms with E-state index in [1.54, 1.807) is 0 Å². The summed E-state index contributed by atoms with van der Waals surface area (Å²) < 4.78 is 5.61. The molecule has 1 aliphatic rings. The van der Waals surface area contributed by atoms with Gasteiger partial charge in [0.2, 0.25) is 0 Å². The topological polar surface area (TPSA) is 47.3 Å². The van der Waals surface area contributed by atoms with Gasteiger partial charge in [-0.15, -0.1) is 12.4 Å². The fourth-order valence-corrected chi connectivity index (χ4v) is 1.94. The molecule has 1 aliphatic heterocycles. The van der Waals surface area contributed by atoms with Gasteiger partial charge in [-0.05, 0) is 19.9 Å². The minimum Gasteiger partial charge on any atom is -0.493 e. The van der Waals surface area contributed by atoms with Crippen LogP contribution in [0.5, 0.6) is 5.75 Å². The van der Waals surface area contributed by atoms with E-state index in [1.165, 1.54) is 5.56 Å². The van der Waals surface area contributed by atoms with Gasteiger partial charge >= 0.3 is 0 Å². The van der Waals surface area contributed by atoms with Crippen LogP contribution in [0.1, 0.15) is 31.9 Å². The van der Waals surface area contributed by atoms with E-state index in [0.29, 0.717) is 6.04 Å². The zero-order valence-electron chi connectivity index (χ0n) is 10.4. The highest BCUT2D eigenvalue weighted by Gasteiger charge is 2.22. The number of nitrogens with one attached hydrogen (secondary N) is 1. The van der Waals surface area contributed by atoms with Crippen molar-refractivity contribution in [3.05, 3.63) is 29.8 Å². The molecule has 1 unspecified atom stereocenters. The SMILES string of the molecule is CC(C)(N)CNC1CCOc2ccccc21.Cl. The Morgan fingerprint density at radius 3 is 2.82 bits per heavy atom. The summed E-state index contributed by atoms with van der Waals surface area (Å²) in [6, 6.07) is 8.57. The average Bonchev–Trinajstić information content (AvgIpc) is 2.25. The third-order valence-electron chi connectivity index (χ3n) is 2.76. The standard InChI is InChI=1S/C13H20N2O.ClH/c1-13(2,14)9-15-11-7-8-16-12-6-4-3-5-10(11)12;/h3-6,11,15H,7-9,14H2,1-2H3;1H. The summed E-state index contributed by atoms with van der Waals surface area (Å²) in [5.41, 5.74) is 7.05. The number of halogens is 1. The van der Waals surface area contributed by atoms with Gasteiger partial charge in [0.15, 0.2) is 0 Å². The van der Waals surface area contributed by atoms with E-state index in [9.17, 15) is 0 Å². The lowest BCUT2D eigenvalue weighted by Gasteiger charge is -2.29. The third kappa shape index (κ3) is 3.87. The van der Waals surface area contributed by atoms with Crippen molar-refractivity contribution in [3.8, 4) is 5.75 Å². The van der Waals surface area contributed by atoms with Crippen LogP contribution in [0.25, 0.3) is 0 Å². The normalized spacial score (nSPS) is 18.9. The van der Waals surface area contributed by atoms with Crippen LogP contribution < -0.4 is 15.8 Å². The van der Waals surface area contributed by atoms with Crippen molar-refractivity contribution in [2.45, 2.75) is 31.8 Å². The highest BCUT2D eigenvalue weighted by atomic mass is 35.5. The fourth-order valence-electron chi connectivity index (χ4n) is 1.94. The highest BCUT2D eigenvalue weighted by molar-refractivity contribution is 5.85. The van der Waals surface area contributed by atoms with E-state index >= 15 is 0 Å². The molecule has 2 rings (SSSR count). The lowest BCUT2D eigenvalue weighted by atomic mass is 9.99. The van der Waals surface area contributed by atoms with Gasteiger partial charge in [-0.1, -0.05) is 18.2 Å². The minimum absolute atomic E-state index is 0. The van der Waals surface area contributed by atoms with Gasteiger partial charge in [0.25, 0.3) is 0 Å². The Kier molecular flexibility index (Phi) is 4.80. The van der Waals surface area contributed by atoms with E-state index in [4.69, 9.17) is 10.5 Å². The van der Waals surface area contributed by atoms with Crippen molar-refractivity contribution in [1.29, 1.82) is 0 Å². The fraction of sp³-hybridized carbons (Fsp3) is 0.538. The molecule has 0 bridgehead atoms. The first-order valence-corrected chi connectivity index (χ1v) is 5.80. The van der Waals surface area contributed by atoms with Crippen LogP contribution in [0.4, 0.5) is 0 Å². The van der Waals surface area contributed by atoms with Gasteiger partial charge in [-0.2, -0.15) is 0 Å². The second-order valence-electron chi connectivity index (χ2n) is 5.10. The van der Waals surface area contributed by atoms with Crippen LogP contribution >= 0.6 is 12.4 Å². The quantitative estimate of drug-likeness (QED) is 0.872. The predicted molar refractivity (Wildman–Crippen MR) is 72.8 cm³/mol. The maximum Gasteiger partial charge on any atom is 0.124 e. The van der Waals surface area contributed by atoms with Crippen molar-refractivity contribution >= 4 is 12.4 Å². The molecule has 1 atom stereocenters. The Balaban J connectivity index is 0.00000144. The second kappa shape index (κ2) is 5.71. The number of ether oxygens (including phenoxy) is 1. The van der Waals surface area contributed by atoms with Gasteiger partial charge in [0.05, 0.1) is 6.61 Å². The molecule has 3 N–H and O–H groups in total. The number of fused-ring (bicyclic) bond motifs is 1. The van der Waals surface area contributed by atoms with Crippen LogP contribution in [0, 0.1) is 0 Å². The Labute approximate surface area is 109 Å². The molecule has 96 valence electrons. The van der Waals surface area contributed by atoms with Crippen molar-refractivity contribution in [2.24, 2.45) is 5.73 Å². The van der Waals surface area contributed by atoms with Crippen LogP contribution in [-0.2, 0) is 0 Å². The summed E-state index contributed by atoms with van der Waals surface area (Å²) in [7, 11) is 0. The molecule has 0 fully saturated rings. The summed E-state index contributed by atoms with van der Waals surface area (Å²) >= 11 is 0. The minimum atomic E-state index is -0.173. The van der Waals surface area contributed by atoms with E-state index < -0.39 is 0 Å². The monoisotopic (exact) mass is 256 g/mol. The zero-order chi connectivity index (χ0) is 11.6. The maximum absolute atomic E-state index is 5.98. The predicted octanol–water partition coefficient (Wildman–Crippen LogP) is 2.26. The molecule has 17 heavy (non-hydrogen) atoms. The number of para-hydroxylation sites is 1. The summed E-state index contributed by atoms with van der Waals surface area (Å²) in [6.45, 7) is 5.65. The molecule has 1 aromatic carbocycles. The molecule has 1 heterocycles. The lowest BCUT2D eigenvalue weighted by molar-refractivity contribution is 0.247. The maximum atomic E-state index is 5.98. The summed E-state index contributed by atoms with van der Waals surface area (Å²) in [5.74, 6) is 1.00. The molecular weight excluding hydrogens is 236 g/mol. The third-order valence-corrected chi connectivity index (χ3v) is 2.76. The molecular formula is C13H21ClN2O. The van der Waals surface area contributed by atoms with E-state index in [0.717, 1.165) is 25.3 Å². The Bertz CT molecular complexity index is 363. The van der Waals surface area contributed by atoms with Crippen LogP contribution in [0.2, 0.25) is 0 Å². The molecule has 0 saturated heterocycles. The number of nitrogens with two attached hydrogens (primary N) is 1. The number of rotatable bonds is 3. The molecule has 3 nitrogen and oxygen atoms in total.